The summed E-state index contributed by atoms with van der Waals surface area (Å²) >= 11 is 0. The van der Waals surface area contributed by atoms with Gasteiger partial charge in [0.05, 0.1) is 0 Å². The molecule has 3 rings (SSSR count). The predicted octanol–water partition coefficient (Wildman–Crippen LogP) is 4.60. The average molecular weight is 305 g/mol. The van der Waals surface area contributed by atoms with Crippen LogP contribution in [0, 0.1) is 0 Å². The third-order valence-electron chi connectivity index (χ3n) is 2.86. The van der Waals surface area contributed by atoms with Crippen LogP contribution in [0.25, 0.3) is 0 Å². The van der Waals surface area contributed by atoms with Crippen LogP contribution in [0.5, 0.6) is 0 Å². The lowest BCUT2D eigenvalue weighted by Gasteiger charge is -2.06. The Morgan fingerprint density at radius 3 is 1.26 bits per heavy atom. The van der Waals surface area contributed by atoms with Crippen LogP contribution >= 0.6 is 0 Å². The highest BCUT2D eigenvalue weighted by molar-refractivity contribution is 5.99. The Kier molecular flexibility index (Phi) is 6.23. The monoisotopic (exact) mass is 305 g/mol. The third kappa shape index (κ3) is 6.35. The quantitative estimate of drug-likeness (QED) is 0.606. The molecule has 2 amide bonds. The highest BCUT2D eigenvalue weighted by Gasteiger charge is 2.00. The second-order valence-electron chi connectivity index (χ2n) is 4.72. The maximum absolute atomic E-state index is 11.6. The first-order valence-electron chi connectivity index (χ1n) is 7.22. The molecule has 0 aromatic heterocycles. The van der Waals surface area contributed by atoms with Crippen LogP contribution < -0.4 is 16.4 Å². The summed E-state index contributed by atoms with van der Waals surface area (Å²) in [6.45, 7) is 0. The Labute approximate surface area is 136 Å². The summed E-state index contributed by atoms with van der Waals surface area (Å²) in [4.78, 5) is 11.6. The Hall–Kier alpha value is -3.27. The summed E-state index contributed by atoms with van der Waals surface area (Å²) in [5, 5.41) is 5.48. The molecule has 0 aliphatic carbocycles. The van der Waals surface area contributed by atoms with E-state index in [1.807, 2.05) is 91.0 Å². The van der Waals surface area contributed by atoms with Gasteiger partial charge in [-0.25, -0.2) is 4.79 Å². The first kappa shape index (κ1) is 16.1. The molecule has 0 fully saturated rings. The molecular formula is C19H19N3O. The molecule has 4 N–H and O–H groups in total. The van der Waals surface area contributed by atoms with E-state index in [0.29, 0.717) is 0 Å². The van der Waals surface area contributed by atoms with E-state index in [9.17, 15) is 4.79 Å². The van der Waals surface area contributed by atoms with Crippen molar-refractivity contribution in [3.8, 4) is 0 Å². The molecule has 4 heteroatoms. The van der Waals surface area contributed by atoms with E-state index in [1.165, 1.54) is 0 Å². The van der Waals surface area contributed by atoms with E-state index < -0.39 is 0 Å². The number of anilines is 3. The van der Waals surface area contributed by atoms with Gasteiger partial charge < -0.3 is 16.4 Å². The van der Waals surface area contributed by atoms with Crippen molar-refractivity contribution in [3.63, 3.8) is 0 Å². The Bertz CT molecular complexity index is 657. The van der Waals surface area contributed by atoms with Gasteiger partial charge in [0, 0.05) is 17.1 Å². The molecule has 3 aromatic rings. The summed E-state index contributed by atoms with van der Waals surface area (Å²) in [7, 11) is 0. The maximum Gasteiger partial charge on any atom is 0.323 e. The molecule has 0 radical (unpaired) electrons. The van der Waals surface area contributed by atoms with Gasteiger partial charge in [-0.2, -0.15) is 0 Å². The number of carbonyl (C=O) groups is 1. The largest absolute Gasteiger partial charge is 0.399 e. The van der Waals surface area contributed by atoms with Crippen molar-refractivity contribution in [1.29, 1.82) is 0 Å². The number of hydrogen-bond acceptors (Lipinski definition) is 2. The highest BCUT2D eigenvalue weighted by Crippen LogP contribution is 2.08. The lowest BCUT2D eigenvalue weighted by Crippen LogP contribution is -2.19. The van der Waals surface area contributed by atoms with E-state index in [2.05, 4.69) is 10.6 Å². The number of amides is 2. The molecule has 116 valence electrons. The molecule has 0 saturated heterocycles. The van der Waals surface area contributed by atoms with Gasteiger partial charge in [-0.3, -0.25) is 0 Å². The van der Waals surface area contributed by atoms with Crippen LogP contribution in [0.2, 0.25) is 0 Å². The number of nitrogens with one attached hydrogen (secondary N) is 2. The first-order valence-corrected chi connectivity index (χ1v) is 7.22. The van der Waals surface area contributed by atoms with Gasteiger partial charge in [-0.1, -0.05) is 54.6 Å². The maximum atomic E-state index is 11.6. The molecule has 0 unspecified atom stereocenters. The minimum atomic E-state index is -0.239. The summed E-state index contributed by atoms with van der Waals surface area (Å²) in [6.07, 6.45) is 0. The molecule has 23 heavy (non-hydrogen) atoms. The van der Waals surface area contributed by atoms with Gasteiger partial charge in [0.2, 0.25) is 0 Å². The molecule has 0 atom stereocenters. The molecule has 4 nitrogen and oxygen atoms in total. The van der Waals surface area contributed by atoms with Gasteiger partial charge in [0.25, 0.3) is 0 Å². The normalized spacial score (nSPS) is 9.22. The van der Waals surface area contributed by atoms with E-state index in [-0.39, 0.29) is 6.03 Å². The number of para-hydroxylation sites is 3. The zero-order chi connectivity index (χ0) is 16.3. The third-order valence-corrected chi connectivity index (χ3v) is 2.86. The summed E-state index contributed by atoms with van der Waals surface area (Å²) < 4.78 is 0. The fraction of sp³-hybridized carbons (Fsp3) is 0. The summed E-state index contributed by atoms with van der Waals surface area (Å²) in [5.74, 6) is 0. The number of nitrogen functional groups attached to an aromatic ring is 1. The fourth-order valence-corrected chi connectivity index (χ4v) is 1.79. The predicted molar refractivity (Wildman–Crippen MR) is 96.4 cm³/mol. The molecule has 0 aliphatic rings. The number of nitrogens with two attached hydrogens (primary N) is 1. The van der Waals surface area contributed by atoms with Crippen LogP contribution in [0.3, 0.4) is 0 Å². The minimum absolute atomic E-state index is 0.239. The summed E-state index contributed by atoms with van der Waals surface area (Å²) in [5.41, 5.74) is 7.73. The van der Waals surface area contributed by atoms with E-state index in [0.717, 1.165) is 17.1 Å². The molecular weight excluding hydrogens is 286 g/mol. The molecule has 0 bridgehead atoms. The Morgan fingerprint density at radius 1 is 0.609 bits per heavy atom. The van der Waals surface area contributed by atoms with Crippen molar-refractivity contribution in [2.75, 3.05) is 16.4 Å². The Balaban J connectivity index is 0.000000229. The number of hydrogen-bond donors (Lipinski definition) is 3. The topological polar surface area (TPSA) is 67.2 Å². The number of rotatable bonds is 2. The van der Waals surface area contributed by atoms with Crippen molar-refractivity contribution in [3.05, 3.63) is 91.0 Å². The second-order valence-corrected chi connectivity index (χ2v) is 4.72. The first-order chi connectivity index (χ1) is 11.2. The smallest absolute Gasteiger partial charge is 0.323 e. The van der Waals surface area contributed by atoms with Crippen LogP contribution in [-0.4, -0.2) is 6.03 Å². The SMILES string of the molecule is Nc1ccccc1.O=C(Nc1ccccc1)Nc1ccccc1. The van der Waals surface area contributed by atoms with Gasteiger partial charge in [0.15, 0.2) is 0 Å². The van der Waals surface area contributed by atoms with Crippen LogP contribution in [0.4, 0.5) is 21.9 Å². The van der Waals surface area contributed by atoms with E-state index >= 15 is 0 Å². The molecule has 0 aliphatic heterocycles. The number of carbonyl (C=O) groups excluding carboxylic acids is 1. The lowest BCUT2D eigenvalue weighted by molar-refractivity contribution is 0.262. The minimum Gasteiger partial charge on any atom is -0.399 e. The van der Waals surface area contributed by atoms with Crippen molar-refractivity contribution >= 4 is 23.1 Å². The van der Waals surface area contributed by atoms with Crippen LogP contribution in [0.15, 0.2) is 91.0 Å². The van der Waals surface area contributed by atoms with Gasteiger partial charge >= 0.3 is 6.03 Å². The van der Waals surface area contributed by atoms with Crippen molar-refractivity contribution in [2.24, 2.45) is 0 Å². The van der Waals surface area contributed by atoms with Gasteiger partial charge in [-0.15, -0.1) is 0 Å². The summed E-state index contributed by atoms with van der Waals surface area (Å²) in [6, 6.07) is 27.9. The van der Waals surface area contributed by atoms with Gasteiger partial charge in [0.1, 0.15) is 0 Å². The molecule has 3 aromatic carbocycles. The van der Waals surface area contributed by atoms with Crippen LogP contribution in [-0.2, 0) is 0 Å². The average Bonchev–Trinajstić information content (AvgIpc) is 2.58. The zero-order valence-electron chi connectivity index (χ0n) is 12.6. The van der Waals surface area contributed by atoms with Crippen molar-refractivity contribution < 1.29 is 4.79 Å². The number of benzene rings is 3. The highest BCUT2D eigenvalue weighted by atomic mass is 16.2. The second kappa shape index (κ2) is 8.89. The van der Waals surface area contributed by atoms with Crippen molar-refractivity contribution in [1.82, 2.24) is 0 Å². The number of urea groups is 1. The molecule has 0 spiro atoms. The van der Waals surface area contributed by atoms with E-state index in [4.69, 9.17) is 5.73 Å². The lowest BCUT2D eigenvalue weighted by atomic mass is 10.3. The molecule has 0 heterocycles. The zero-order valence-corrected chi connectivity index (χ0v) is 12.6. The Morgan fingerprint density at radius 2 is 0.957 bits per heavy atom. The fourth-order valence-electron chi connectivity index (χ4n) is 1.79. The van der Waals surface area contributed by atoms with Crippen LogP contribution in [0.1, 0.15) is 0 Å². The van der Waals surface area contributed by atoms with E-state index in [1.54, 1.807) is 0 Å². The molecule has 0 saturated carbocycles. The van der Waals surface area contributed by atoms with Crippen molar-refractivity contribution in [2.45, 2.75) is 0 Å². The van der Waals surface area contributed by atoms with Gasteiger partial charge in [-0.05, 0) is 36.4 Å². The standard InChI is InChI=1S/C13H12N2O.C6H7N/c16-13(14-11-7-3-1-4-8-11)15-12-9-5-2-6-10-12;7-6-4-2-1-3-5-6/h1-10H,(H2,14,15,16);1-5H,7H2.